The smallest absolute Gasteiger partial charge is 0.272 e. The highest BCUT2D eigenvalue weighted by molar-refractivity contribution is 7.99. The Labute approximate surface area is 165 Å². The molecule has 7 nitrogen and oxygen atoms in total. The van der Waals surface area contributed by atoms with Crippen LogP contribution in [0.4, 0.5) is 4.39 Å². The van der Waals surface area contributed by atoms with Gasteiger partial charge in [-0.05, 0) is 30.3 Å². The topological polar surface area (TPSA) is 69.5 Å². The summed E-state index contributed by atoms with van der Waals surface area (Å²) in [4.78, 5) is 13.1. The summed E-state index contributed by atoms with van der Waals surface area (Å²) in [6.45, 7) is 0.467. The second kappa shape index (κ2) is 7.89. The summed E-state index contributed by atoms with van der Waals surface area (Å²) in [6, 6.07) is 13.1. The number of fused-ring (bicyclic) bond motifs is 1. The normalized spacial score (nSPS) is 13.1. The van der Waals surface area contributed by atoms with Crippen molar-refractivity contribution in [1.82, 2.24) is 14.9 Å². The number of methoxy groups -OCH3 is 1. The molecule has 4 rings (SSSR count). The summed E-state index contributed by atoms with van der Waals surface area (Å²) in [5, 5.41) is 10.4. The van der Waals surface area contributed by atoms with Crippen molar-refractivity contribution in [2.45, 2.75) is 11.8 Å². The Morgan fingerprint density at radius 1 is 1.21 bits per heavy atom. The molecule has 0 N–H and O–H groups in total. The zero-order chi connectivity index (χ0) is 19.5. The second-order valence-electron chi connectivity index (χ2n) is 5.94. The molecule has 0 atom stereocenters. The van der Waals surface area contributed by atoms with Gasteiger partial charge >= 0.3 is 0 Å². The lowest BCUT2D eigenvalue weighted by Gasteiger charge is -2.29. The average molecular weight is 400 g/mol. The molecule has 0 bridgehead atoms. The van der Waals surface area contributed by atoms with Gasteiger partial charge in [-0.1, -0.05) is 30.0 Å². The van der Waals surface area contributed by atoms with E-state index in [-0.39, 0.29) is 18.3 Å². The Balaban J connectivity index is 1.60. The van der Waals surface area contributed by atoms with Gasteiger partial charge < -0.3 is 9.47 Å². The third-order valence-corrected chi connectivity index (χ3v) is 5.10. The van der Waals surface area contributed by atoms with Crippen LogP contribution in [0.2, 0.25) is 0 Å². The molecule has 1 aromatic heterocycles. The molecule has 2 heterocycles. The number of nitrogens with zero attached hydrogens (tertiary/aromatic N) is 4. The molecule has 0 aliphatic carbocycles. The number of para-hydroxylation sites is 1. The highest BCUT2D eigenvalue weighted by Gasteiger charge is 2.28. The van der Waals surface area contributed by atoms with Gasteiger partial charge in [-0.25, -0.2) is 14.1 Å². The third-order valence-electron chi connectivity index (χ3n) is 4.20. The molecule has 9 heteroatoms. The summed E-state index contributed by atoms with van der Waals surface area (Å²) >= 11 is 1.50. The predicted octanol–water partition coefficient (Wildman–Crippen LogP) is 2.89. The summed E-state index contributed by atoms with van der Waals surface area (Å²) in [5.41, 5.74) is 0.492. The van der Waals surface area contributed by atoms with Crippen molar-refractivity contribution in [1.29, 1.82) is 0 Å². The van der Waals surface area contributed by atoms with Crippen LogP contribution in [0.1, 0.15) is 16.2 Å². The maximum atomic E-state index is 13.8. The van der Waals surface area contributed by atoms with Crippen molar-refractivity contribution in [3.8, 4) is 11.5 Å². The first-order valence-electron chi connectivity index (χ1n) is 8.58. The molecule has 0 saturated carbocycles. The van der Waals surface area contributed by atoms with Crippen LogP contribution < -0.4 is 14.5 Å². The Hall–Kier alpha value is -3.07. The monoisotopic (exact) mass is 400 g/mol. The molecule has 0 saturated heterocycles. The summed E-state index contributed by atoms with van der Waals surface area (Å²) in [5.74, 6) is 1.18. The van der Waals surface area contributed by atoms with E-state index >= 15 is 0 Å². The quantitative estimate of drug-likeness (QED) is 0.656. The van der Waals surface area contributed by atoms with Crippen LogP contribution in [0.5, 0.6) is 11.5 Å². The number of rotatable bonds is 5. The van der Waals surface area contributed by atoms with E-state index in [2.05, 4.69) is 10.2 Å². The van der Waals surface area contributed by atoms with E-state index < -0.39 is 5.82 Å². The van der Waals surface area contributed by atoms with Crippen LogP contribution in [-0.2, 0) is 6.61 Å². The van der Waals surface area contributed by atoms with E-state index in [1.165, 1.54) is 23.9 Å². The first-order valence-corrected chi connectivity index (χ1v) is 9.56. The maximum Gasteiger partial charge on any atom is 0.272 e. The Kier molecular flexibility index (Phi) is 5.16. The first kappa shape index (κ1) is 18.3. The molecular formula is C19H17FN4O3S. The molecule has 28 heavy (non-hydrogen) atoms. The summed E-state index contributed by atoms with van der Waals surface area (Å²) in [7, 11) is 1.55. The SMILES string of the molecule is COc1cccc(C(=O)N2CCSc3nnc(COc4ccccc4F)n32)c1. The minimum absolute atomic E-state index is 0.0175. The lowest BCUT2D eigenvalue weighted by Crippen LogP contribution is -2.45. The van der Waals surface area contributed by atoms with Crippen LogP contribution in [0, 0.1) is 5.82 Å². The molecule has 0 radical (unpaired) electrons. The fraction of sp³-hybridized carbons (Fsp3) is 0.211. The zero-order valence-electron chi connectivity index (χ0n) is 15.0. The second-order valence-corrected chi connectivity index (χ2v) is 7.00. The van der Waals surface area contributed by atoms with Crippen molar-refractivity contribution < 1.29 is 18.7 Å². The van der Waals surface area contributed by atoms with Gasteiger partial charge in [0.25, 0.3) is 5.91 Å². The van der Waals surface area contributed by atoms with Crippen molar-refractivity contribution in [3.05, 3.63) is 65.7 Å². The van der Waals surface area contributed by atoms with Crippen LogP contribution >= 0.6 is 11.8 Å². The molecule has 144 valence electrons. The minimum Gasteiger partial charge on any atom is -0.497 e. The van der Waals surface area contributed by atoms with Gasteiger partial charge in [-0.2, -0.15) is 0 Å². The number of carbonyl (C=O) groups excluding carboxylic acids is 1. The zero-order valence-corrected chi connectivity index (χ0v) is 15.9. The van der Waals surface area contributed by atoms with E-state index in [9.17, 15) is 9.18 Å². The Bertz CT molecular complexity index is 1010. The Morgan fingerprint density at radius 2 is 2.07 bits per heavy atom. The molecule has 1 amide bonds. The number of hydrogen-bond donors (Lipinski definition) is 0. The van der Waals surface area contributed by atoms with Gasteiger partial charge in [0.1, 0.15) is 12.4 Å². The molecule has 3 aromatic rings. The van der Waals surface area contributed by atoms with Crippen molar-refractivity contribution in [3.63, 3.8) is 0 Å². The lowest BCUT2D eigenvalue weighted by atomic mass is 10.2. The van der Waals surface area contributed by atoms with E-state index in [4.69, 9.17) is 9.47 Å². The number of aromatic nitrogens is 3. The molecule has 0 fully saturated rings. The van der Waals surface area contributed by atoms with Crippen LogP contribution in [0.15, 0.2) is 53.7 Å². The molecule has 0 spiro atoms. The third kappa shape index (κ3) is 3.53. The number of halogens is 1. The minimum atomic E-state index is -0.459. The number of carbonyl (C=O) groups is 1. The van der Waals surface area contributed by atoms with Crippen LogP contribution in [-0.4, -0.2) is 40.2 Å². The number of ether oxygens (including phenoxy) is 2. The number of benzene rings is 2. The van der Waals surface area contributed by atoms with E-state index in [0.717, 1.165) is 0 Å². The van der Waals surface area contributed by atoms with Gasteiger partial charge in [-0.15, -0.1) is 10.2 Å². The standard InChI is InChI=1S/C19H17FN4O3S/c1-26-14-6-4-5-13(11-14)18(25)23-9-10-28-19-22-21-17(24(19)23)12-27-16-8-3-2-7-15(16)20/h2-8,11H,9-10,12H2,1H3. The summed E-state index contributed by atoms with van der Waals surface area (Å²) in [6.07, 6.45) is 0. The fourth-order valence-electron chi connectivity index (χ4n) is 2.84. The highest BCUT2D eigenvalue weighted by Crippen LogP contribution is 2.25. The maximum absolute atomic E-state index is 13.8. The van der Waals surface area contributed by atoms with Gasteiger partial charge in [0, 0.05) is 11.3 Å². The molecule has 2 aromatic carbocycles. The van der Waals surface area contributed by atoms with Crippen LogP contribution in [0.25, 0.3) is 0 Å². The molecule has 1 aliphatic heterocycles. The predicted molar refractivity (Wildman–Crippen MR) is 102 cm³/mol. The molecule has 0 unspecified atom stereocenters. The Morgan fingerprint density at radius 3 is 2.89 bits per heavy atom. The van der Waals surface area contributed by atoms with Crippen molar-refractivity contribution in [2.75, 3.05) is 24.4 Å². The van der Waals surface area contributed by atoms with Gasteiger partial charge in [-0.3, -0.25) is 4.79 Å². The van der Waals surface area contributed by atoms with Crippen LogP contribution in [0.3, 0.4) is 0 Å². The van der Waals surface area contributed by atoms with E-state index in [0.29, 0.717) is 34.6 Å². The van der Waals surface area contributed by atoms with Gasteiger partial charge in [0.15, 0.2) is 17.4 Å². The first-order chi connectivity index (χ1) is 13.7. The lowest BCUT2D eigenvalue weighted by molar-refractivity contribution is 0.0952. The number of thioether (sulfide) groups is 1. The van der Waals surface area contributed by atoms with Gasteiger partial charge in [0.2, 0.25) is 5.16 Å². The largest absolute Gasteiger partial charge is 0.497 e. The molecular weight excluding hydrogens is 383 g/mol. The van der Waals surface area contributed by atoms with E-state index in [1.54, 1.807) is 53.2 Å². The van der Waals surface area contributed by atoms with Crippen molar-refractivity contribution in [2.24, 2.45) is 0 Å². The van der Waals surface area contributed by atoms with Gasteiger partial charge in [0.05, 0.1) is 13.7 Å². The fourth-order valence-corrected chi connectivity index (χ4v) is 3.71. The highest BCUT2D eigenvalue weighted by atomic mass is 32.2. The average Bonchev–Trinajstić information content (AvgIpc) is 3.16. The summed E-state index contributed by atoms with van der Waals surface area (Å²) < 4.78 is 26.2. The van der Waals surface area contributed by atoms with E-state index in [1.807, 2.05) is 0 Å². The number of amides is 1. The number of hydrogen-bond acceptors (Lipinski definition) is 6. The molecule has 1 aliphatic rings. The van der Waals surface area contributed by atoms with Crippen molar-refractivity contribution >= 4 is 17.7 Å².